The number of fused-ring (bicyclic) bond motifs is 1. The molecule has 1 unspecified atom stereocenters. The molecule has 2 N–H and O–H groups in total. The number of para-hydroxylation sites is 1. The predicted molar refractivity (Wildman–Crippen MR) is 81.8 cm³/mol. The summed E-state index contributed by atoms with van der Waals surface area (Å²) < 4.78 is 20.2. The van der Waals surface area contributed by atoms with E-state index in [4.69, 9.17) is 10.5 Å². The van der Waals surface area contributed by atoms with Crippen LogP contribution in [-0.4, -0.2) is 0 Å². The fraction of sp³-hybridized carbons (Fsp3) is 0.333. The van der Waals surface area contributed by atoms with Crippen LogP contribution in [0.3, 0.4) is 0 Å². The zero-order valence-corrected chi connectivity index (χ0v) is 12.2. The van der Waals surface area contributed by atoms with Crippen molar-refractivity contribution < 1.29 is 9.13 Å². The van der Waals surface area contributed by atoms with E-state index < -0.39 is 0 Å². The van der Waals surface area contributed by atoms with E-state index >= 15 is 0 Å². The first-order valence-electron chi connectivity index (χ1n) is 7.45. The van der Waals surface area contributed by atoms with Crippen molar-refractivity contribution in [3.8, 4) is 5.75 Å². The Kier molecular flexibility index (Phi) is 3.93. The van der Waals surface area contributed by atoms with Gasteiger partial charge in [0.05, 0.1) is 0 Å². The number of rotatable bonds is 3. The second-order valence-corrected chi connectivity index (χ2v) is 5.64. The number of ether oxygens (including phenoxy) is 1. The van der Waals surface area contributed by atoms with Crippen LogP contribution in [0.1, 0.15) is 48.6 Å². The smallest absolute Gasteiger partial charge is 0.165 e. The molecule has 110 valence electrons. The molecule has 0 saturated carbocycles. The lowest BCUT2D eigenvalue weighted by Crippen LogP contribution is -2.17. The van der Waals surface area contributed by atoms with E-state index in [0.717, 1.165) is 24.8 Å². The van der Waals surface area contributed by atoms with Crippen LogP contribution in [0, 0.1) is 5.82 Å². The van der Waals surface area contributed by atoms with Crippen LogP contribution in [-0.2, 0) is 6.42 Å². The number of hydrogen-bond donors (Lipinski definition) is 1. The lowest BCUT2D eigenvalue weighted by atomic mass is 9.89. The van der Waals surface area contributed by atoms with Gasteiger partial charge in [0.25, 0.3) is 0 Å². The average molecular weight is 285 g/mol. The van der Waals surface area contributed by atoms with Crippen LogP contribution in [0.2, 0.25) is 0 Å². The summed E-state index contributed by atoms with van der Waals surface area (Å²) in [6.45, 7) is 1.84. The number of aryl methyl sites for hydroxylation is 1. The van der Waals surface area contributed by atoms with Gasteiger partial charge in [-0.05, 0) is 43.4 Å². The fourth-order valence-electron chi connectivity index (χ4n) is 2.98. The van der Waals surface area contributed by atoms with E-state index in [1.807, 2.05) is 25.1 Å². The Morgan fingerprint density at radius 1 is 1.19 bits per heavy atom. The summed E-state index contributed by atoms with van der Waals surface area (Å²) in [5.74, 6) is -0.0398. The highest BCUT2D eigenvalue weighted by Crippen LogP contribution is 2.37. The van der Waals surface area contributed by atoms with Gasteiger partial charge in [-0.1, -0.05) is 36.4 Å². The maximum absolute atomic E-state index is 14.2. The molecule has 0 amide bonds. The van der Waals surface area contributed by atoms with E-state index in [2.05, 4.69) is 12.1 Å². The summed E-state index contributed by atoms with van der Waals surface area (Å²) in [4.78, 5) is 0. The second-order valence-electron chi connectivity index (χ2n) is 5.64. The van der Waals surface area contributed by atoms with Crippen LogP contribution in [0.15, 0.2) is 42.5 Å². The maximum atomic E-state index is 14.2. The van der Waals surface area contributed by atoms with Crippen molar-refractivity contribution in [3.63, 3.8) is 0 Å². The van der Waals surface area contributed by atoms with Crippen LogP contribution in [0.25, 0.3) is 0 Å². The van der Waals surface area contributed by atoms with Crippen molar-refractivity contribution in [3.05, 3.63) is 65.0 Å². The lowest BCUT2D eigenvalue weighted by molar-refractivity contribution is 0.173. The highest BCUT2D eigenvalue weighted by atomic mass is 19.1. The Morgan fingerprint density at radius 2 is 2.00 bits per heavy atom. The van der Waals surface area contributed by atoms with Crippen LogP contribution < -0.4 is 10.5 Å². The fourth-order valence-corrected chi connectivity index (χ4v) is 2.98. The van der Waals surface area contributed by atoms with Crippen molar-refractivity contribution in [1.82, 2.24) is 0 Å². The van der Waals surface area contributed by atoms with Gasteiger partial charge in [0.15, 0.2) is 11.6 Å². The molecule has 3 heteroatoms. The third kappa shape index (κ3) is 2.79. The quantitative estimate of drug-likeness (QED) is 0.912. The first-order valence-corrected chi connectivity index (χ1v) is 7.45. The Hall–Kier alpha value is -1.87. The lowest BCUT2D eigenvalue weighted by Gasteiger charge is -2.27. The Morgan fingerprint density at radius 3 is 2.81 bits per heavy atom. The molecule has 3 rings (SSSR count). The summed E-state index contributed by atoms with van der Waals surface area (Å²) in [5, 5.41) is 0. The molecule has 1 aliphatic rings. The van der Waals surface area contributed by atoms with Gasteiger partial charge in [-0.25, -0.2) is 4.39 Å². The summed E-state index contributed by atoms with van der Waals surface area (Å²) in [6, 6.07) is 12.9. The largest absolute Gasteiger partial charge is 0.482 e. The molecule has 0 radical (unpaired) electrons. The SMILES string of the molecule is C[C@@H](N)c1cccc(F)c1OC1CCCc2ccccc21. The van der Waals surface area contributed by atoms with Crippen molar-refractivity contribution in [2.24, 2.45) is 5.73 Å². The minimum Gasteiger partial charge on any atom is -0.482 e. The number of nitrogens with two attached hydrogens (primary N) is 1. The van der Waals surface area contributed by atoms with Gasteiger partial charge in [-0.15, -0.1) is 0 Å². The standard InChI is InChI=1S/C18H20FNO/c1-12(20)14-9-5-10-16(19)18(14)21-17-11-4-7-13-6-2-3-8-15(13)17/h2-3,5-6,8-10,12,17H,4,7,11,20H2,1H3/t12-,17?/m1/s1. The normalized spacial score (nSPS) is 18.9. The average Bonchev–Trinajstić information content (AvgIpc) is 2.49. The first kappa shape index (κ1) is 14.1. The Bertz CT molecular complexity index is 639. The molecule has 21 heavy (non-hydrogen) atoms. The van der Waals surface area contributed by atoms with E-state index in [-0.39, 0.29) is 18.0 Å². The topological polar surface area (TPSA) is 35.2 Å². The van der Waals surface area contributed by atoms with Crippen molar-refractivity contribution in [1.29, 1.82) is 0 Å². The van der Waals surface area contributed by atoms with E-state index in [1.54, 1.807) is 6.07 Å². The molecule has 2 aromatic rings. The van der Waals surface area contributed by atoms with Crippen molar-refractivity contribution in [2.75, 3.05) is 0 Å². The molecule has 0 saturated heterocycles. The summed E-state index contributed by atoms with van der Waals surface area (Å²) >= 11 is 0. The molecule has 2 nitrogen and oxygen atoms in total. The van der Waals surface area contributed by atoms with Gasteiger partial charge >= 0.3 is 0 Å². The zero-order chi connectivity index (χ0) is 14.8. The number of halogens is 1. The molecule has 0 aromatic heterocycles. The van der Waals surface area contributed by atoms with Gasteiger partial charge in [-0.2, -0.15) is 0 Å². The maximum Gasteiger partial charge on any atom is 0.165 e. The summed E-state index contributed by atoms with van der Waals surface area (Å²) in [7, 11) is 0. The monoisotopic (exact) mass is 285 g/mol. The zero-order valence-electron chi connectivity index (χ0n) is 12.2. The minimum absolute atomic E-state index is 0.0932. The number of hydrogen-bond acceptors (Lipinski definition) is 2. The third-order valence-corrected chi connectivity index (χ3v) is 4.06. The number of benzene rings is 2. The summed E-state index contributed by atoms with van der Waals surface area (Å²) in [5.41, 5.74) is 9.12. The Labute approximate surface area is 124 Å². The van der Waals surface area contributed by atoms with Crippen LogP contribution >= 0.6 is 0 Å². The molecular weight excluding hydrogens is 265 g/mol. The second kappa shape index (κ2) is 5.86. The molecule has 1 aliphatic carbocycles. The van der Waals surface area contributed by atoms with Gasteiger partial charge in [0, 0.05) is 11.6 Å². The van der Waals surface area contributed by atoms with Gasteiger partial charge < -0.3 is 10.5 Å². The summed E-state index contributed by atoms with van der Waals surface area (Å²) in [6.07, 6.45) is 2.94. The van der Waals surface area contributed by atoms with Crippen molar-refractivity contribution >= 4 is 0 Å². The molecule has 2 atom stereocenters. The van der Waals surface area contributed by atoms with Gasteiger partial charge in [-0.3, -0.25) is 0 Å². The van der Waals surface area contributed by atoms with Crippen LogP contribution in [0.5, 0.6) is 5.75 Å². The van der Waals surface area contributed by atoms with E-state index in [0.29, 0.717) is 5.75 Å². The molecule has 0 heterocycles. The highest BCUT2D eigenvalue weighted by Gasteiger charge is 2.24. The van der Waals surface area contributed by atoms with E-state index in [1.165, 1.54) is 17.2 Å². The third-order valence-electron chi connectivity index (χ3n) is 4.06. The first-order chi connectivity index (χ1) is 10.2. The van der Waals surface area contributed by atoms with Crippen LogP contribution in [0.4, 0.5) is 4.39 Å². The highest BCUT2D eigenvalue weighted by molar-refractivity contribution is 5.39. The molecule has 0 aliphatic heterocycles. The molecule has 2 aromatic carbocycles. The van der Waals surface area contributed by atoms with Gasteiger partial charge in [0.2, 0.25) is 0 Å². The molecule has 0 bridgehead atoms. The predicted octanol–water partition coefficient (Wildman–Crippen LogP) is 4.30. The Balaban J connectivity index is 1.95. The van der Waals surface area contributed by atoms with Gasteiger partial charge in [0.1, 0.15) is 6.10 Å². The minimum atomic E-state index is -0.340. The van der Waals surface area contributed by atoms with E-state index in [9.17, 15) is 4.39 Å². The molecule has 0 spiro atoms. The van der Waals surface area contributed by atoms with Crippen molar-refractivity contribution in [2.45, 2.75) is 38.3 Å². The molecular formula is C18H20FNO. The molecule has 0 fully saturated rings.